The van der Waals surface area contributed by atoms with Crippen LogP contribution in [0.5, 0.6) is 0 Å². The van der Waals surface area contributed by atoms with Crippen LogP contribution >= 0.6 is 0 Å². The van der Waals surface area contributed by atoms with Crippen molar-refractivity contribution in [1.82, 2.24) is 14.3 Å². The number of benzene rings is 1. The standard InChI is InChI=1S/C19H20FN3O2/c1-13-7-6-11-23-17(20)16(21-18(13)23)19(25)22(2)12-10-15(24)14-8-4-3-5-9-14/h3-9,11,15,24H,10,12H2,1-2H3/t15-/m0/s1. The number of aliphatic hydroxyl groups is 1. The minimum absolute atomic E-state index is 0.203. The number of fused-ring (bicyclic) bond motifs is 1. The maximum Gasteiger partial charge on any atom is 0.276 e. The Labute approximate surface area is 145 Å². The number of hydrogen-bond acceptors (Lipinski definition) is 3. The van der Waals surface area contributed by atoms with E-state index in [-0.39, 0.29) is 5.69 Å². The van der Waals surface area contributed by atoms with Gasteiger partial charge in [-0.15, -0.1) is 0 Å². The third kappa shape index (κ3) is 3.39. The molecule has 0 bridgehead atoms. The van der Waals surface area contributed by atoms with Crippen LogP contribution in [0.15, 0.2) is 48.7 Å². The highest BCUT2D eigenvalue weighted by atomic mass is 19.1. The van der Waals surface area contributed by atoms with Crippen LogP contribution in [-0.2, 0) is 0 Å². The Morgan fingerprint density at radius 2 is 2.00 bits per heavy atom. The molecule has 0 saturated heterocycles. The number of aliphatic hydroxyl groups excluding tert-OH is 1. The Morgan fingerprint density at radius 3 is 2.68 bits per heavy atom. The third-order valence-corrected chi connectivity index (χ3v) is 4.26. The first-order chi connectivity index (χ1) is 12.0. The normalized spacial score (nSPS) is 12.3. The number of carbonyl (C=O) groups is 1. The Balaban J connectivity index is 1.73. The molecular formula is C19H20FN3O2. The van der Waals surface area contributed by atoms with Gasteiger partial charge in [-0.3, -0.25) is 9.20 Å². The molecule has 1 N–H and O–H groups in total. The lowest BCUT2D eigenvalue weighted by atomic mass is 10.1. The summed E-state index contributed by atoms with van der Waals surface area (Å²) in [6.07, 6.45) is 1.23. The number of amides is 1. The number of pyridine rings is 1. The summed E-state index contributed by atoms with van der Waals surface area (Å²) in [4.78, 5) is 18.1. The molecule has 0 spiro atoms. The zero-order chi connectivity index (χ0) is 18.0. The molecule has 1 atom stereocenters. The summed E-state index contributed by atoms with van der Waals surface area (Å²) in [5, 5.41) is 10.2. The van der Waals surface area contributed by atoms with E-state index in [4.69, 9.17) is 0 Å². The van der Waals surface area contributed by atoms with Gasteiger partial charge in [0, 0.05) is 19.8 Å². The van der Waals surface area contributed by atoms with E-state index in [0.29, 0.717) is 18.6 Å². The largest absolute Gasteiger partial charge is 0.388 e. The van der Waals surface area contributed by atoms with Crippen molar-refractivity contribution in [2.45, 2.75) is 19.4 Å². The Kier molecular flexibility index (Phi) is 4.81. The molecule has 1 amide bonds. The van der Waals surface area contributed by atoms with Crippen molar-refractivity contribution in [2.24, 2.45) is 0 Å². The molecule has 130 valence electrons. The highest BCUT2D eigenvalue weighted by Gasteiger charge is 2.23. The molecule has 5 nitrogen and oxygen atoms in total. The van der Waals surface area contributed by atoms with Gasteiger partial charge in [0.15, 0.2) is 5.69 Å². The fourth-order valence-electron chi connectivity index (χ4n) is 2.75. The molecule has 0 aliphatic heterocycles. The second-order valence-corrected chi connectivity index (χ2v) is 6.08. The van der Waals surface area contributed by atoms with Gasteiger partial charge in [0.25, 0.3) is 5.91 Å². The predicted octanol–water partition coefficient (Wildman–Crippen LogP) is 2.98. The summed E-state index contributed by atoms with van der Waals surface area (Å²) in [5.74, 6) is -1.17. The summed E-state index contributed by atoms with van der Waals surface area (Å²) < 4.78 is 15.8. The van der Waals surface area contributed by atoms with Crippen molar-refractivity contribution in [3.63, 3.8) is 0 Å². The Bertz CT molecular complexity index is 892. The van der Waals surface area contributed by atoms with Crippen LogP contribution in [0.3, 0.4) is 0 Å². The molecular weight excluding hydrogens is 321 g/mol. The molecule has 0 unspecified atom stereocenters. The lowest BCUT2D eigenvalue weighted by molar-refractivity contribution is 0.0751. The molecule has 2 aromatic heterocycles. The number of aromatic nitrogens is 2. The third-order valence-electron chi connectivity index (χ3n) is 4.26. The van der Waals surface area contributed by atoms with Gasteiger partial charge in [-0.2, -0.15) is 4.39 Å². The number of rotatable bonds is 5. The number of halogens is 1. The fraction of sp³-hybridized carbons (Fsp3) is 0.263. The van der Waals surface area contributed by atoms with Crippen LogP contribution in [0.4, 0.5) is 4.39 Å². The first kappa shape index (κ1) is 17.1. The number of imidazole rings is 1. The minimum Gasteiger partial charge on any atom is -0.388 e. The SMILES string of the molecule is Cc1cccn2c(F)c(C(=O)N(C)CC[C@H](O)c3ccccc3)nc12. The predicted molar refractivity (Wildman–Crippen MR) is 92.9 cm³/mol. The van der Waals surface area contributed by atoms with E-state index in [1.54, 1.807) is 19.3 Å². The zero-order valence-electron chi connectivity index (χ0n) is 14.2. The maximum atomic E-state index is 14.5. The smallest absolute Gasteiger partial charge is 0.276 e. The van der Waals surface area contributed by atoms with Crippen LogP contribution in [0.1, 0.15) is 34.1 Å². The highest BCUT2D eigenvalue weighted by Crippen LogP contribution is 2.18. The first-order valence-electron chi connectivity index (χ1n) is 8.10. The molecule has 0 saturated carbocycles. The van der Waals surface area contributed by atoms with Gasteiger partial charge >= 0.3 is 0 Å². The van der Waals surface area contributed by atoms with Crippen molar-refractivity contribution in [1.29, 1.82) is 0 Å². The van der Waals surface area contributed by atoms with Crippen molar-refractivity contribution < 1.29 is 14.3 Å². The van der Waals surface area contributed by atoms with E-state index in [0.717, 1.165) is 11.1 Å². The monoisotopic (exact) mass is 341 g/mol. The van der Waals surface area contributed by atoms with Crippen molar-refractivity contribution in [3.8, 4) is 0 Å². The number of carbonyl (C=O) groups excluding carboxylic acids is 1. The highest BCUT2D eigenvalue weighted by molar-refractivity contribution is 5.93. The van der Waals surface area contributed by atoms with E-state index in [1.807, 2.05) is 43.3 Å². The number of nitrogens with zero attached hydrogens (tertiary/aromatic N) is 3. The molecule has 1 aromatic carbocycles. The van der Waals surface area contributed by atoms with E-state index in [9.17, 15) is 14.3 Å². The van der Waals surface area contributed by atoms with Gasteiger partial charge in [-0.1, -0.05) is 36.4 Å². The van der Waals surface area contributed by atoms with Crippen LogP contribution < -0.4 is 0 Å². The molecule has 25 heavy (non-hydrogen) atoms. The molecule has 0 aliphatic carbocycles. The molecule has 6 heteroatoms. The Hall–Kier alpha value is -2.73. The van der Waals surface area contributed by atoms with E-state index in [2.05, 4.69) is 4.98 Å². The van der Waals surface area contributed by atoms with E-state index < -0.39 is 18.0 Å². The van der Waals surface area contributed by atoms with Crippen LogP contribution in [0.25, 0.3) is 5.65 Å². The number of hydrogen-bond donors (Lipinski definition) is 1. The molecule has 0 aliphatic rings. The molecule has 0 radical (unpaired) electrons. The van der Waals surface area contributed by atoms with Gasteiger partial charge in [0.05, 0.1) is 6.10 Å². The second kappa shape index (κ2) is 7.03. The van der Waals surface area contributed by atoms with E-state index >= 15 is 0 Å². The van der Waals surface area contributed by atoms with Crippen LogP contribution in [0.2, 0.25) is 0 Å². The van der Waals surface area contributed by atoms with Gasteiger partial charge in [0.2, 0.25) is 5.95 Å². The summed E-state index contributed by atoms with van der Waals surface area (Å²) in [5.41, 5.74) is 1.81. The summed E-state index contributed by atoms with van der Waals surface area (Å²) in [7, 11) is 1.58. The van der Waals surface area contributed by atoms with Gasteiger partial charge in [-0.05, 0) is 30.5 Å². The van der Waals surface area contributed by atoms with Crippen molar-refractivity contribution in [2.75, 3.05) is 13.6 Å². The average molecular weight is 341 g/mol. The average Bonchev–Trinajstić information content (AvgIpc) is 2.98. The molecule has 3 rings (SSSR count). The lowest BCUT2D eigenvalue weighted by Crippen LogP contribution is -2.29. The van der Waals surface area contributed by atoms with Crippen molar-refractivity contribution >= 4 is 11.6 Å². The van der Waals surface area contributed by atoms with Gasteiger partial charge < -0.3 is 10.0 Å². The minimum atomic E-state index is -0.676. The topological polar surface area (TPSA) is 57.8 Å². The Morgan fingerprint density at radius 1 is 1.28 bits per heavy atom. The molecule has 2 heterocycles. The maximum absolute atomic E-state index is 14.5. The second-order valence-electron chi connectivity index (χ2n) is 6.08. The summed E-state index contributed by atoms with van der Waals surface area (Å²) in [6.45, 7) is 2.11. The summed E-state index contributed by atoms with van der Waals surface area (Å²) >= 11 is 0. The van der Waals surface area contributed by atoms with Gasteiger partial charge in [-0.25, -0.2) is 4.98 Å². The number of aryl methyl sites for hydroxylation is 1. The van der Waals surface area contributed by atoms with Crippen LogP contribution in [0, 0.1) is 12.9 Å². The molecule has 3 aromatic rings. The fourth-order valence-corrected chi connectivity index (χ4v) is 2.75. The first-order valence-corrected chi connectivity index (χ1v) is 8.10. The van der Waals surface area contributed by atoms with Crippen molar-refractivity contribution in [3.05, 3.63) is 71.4 Å². The molecule has 0 fully saturated rings. The van der Waals surface area contributed by atoms with Gasteiger partial charge in [0.1, 0.15) is 5.65 Å². The van der Waals surface area contributed by atoms with E-state index in [1.165, 1.54) is 9.30 Å². The lowest BCUT2D eigenvalue weighted by Gasteiger charge is -2.18. The zero-order valence-corrected chi connectivity index (χ0v) is 14.2. The summed E-state index contributed by atoms with van der Waals surface area (Å²) in [6, 6.07) is 12.8. The quantitative estimate of drug-likeness (QED) is 0.776. The van der Waals surface area contributed by atoms with Crippen LogP contribution in [-0.4, -0.2) is 38.9 Å².